The highest BCUT2D eigenvalue weighted by Gasteiger charge is 2.13. The molecule has 0 amide bonds. The van der Waals surface area contributed by atoms with Crippen LogP contribution in [0.25, 0.3) is 22.4 Å². The second-order valence-electron chi connectivity index (χ2n) is 4.17. The van der Waals surface area contributed by atoms with Crippen molar-refractivity contribution in [3.63, 3.8) is 0 Å². The van der Waals surface area contributed by atoms with Crippen LogP contribution in [0.3, 0.4) is 0 Å². The van der Waals surface area contributed by atoms with Gasteiger partial charge in [-0.25, -0.2) is 0 Å². The number of aromatic nitrogens is 3. The van der Waals surface area contributed by atoms with E-state index in [9.17, 15) is 0 Å². The molecule has 0 spiro atoms. The van der Waals surface area contributed by atoms with Crippen molar-refractivity contribution in [2.75, 3.05) is 0 Å². The molecule has 0 saturated carbocycles. The Bertz CT molecular complexity index is 643. The largest absolute Gasteiger partial charge is 0.282 e. The molecule has 3 aromatic rings. The van der Waals surface area contributed by atoms with Crippen LogP contribution in [0.1, 0.15) is 19.5 Å². The smallest absolute Gasteiger partial charge is 0.100 e. The normalized spacial score (nSPS) is 9.75. The first-order valence-electron chi connectivity index (χ1n) is 6.87. The Morgan fingerprint density at radius 3 is 2.15 bits per heavy atom. The molecular formula is C17H19N3. The summed E-state index contributed by atoms with van der Waals surface area (Å²) in [5, 5.41) is 7.48. The first-order chi connectivity index (χ1) is 9.86. The summed E-state index contributed by atoms with van der Waals surface area (Å²) in [4.78, 5) is 4.06. The van der Waals surface area contributed by atoms with Gasteiger partial charge in [-0.2, -0.15) is 5.10 Å². The molecule has 0 atom stereocenters. The fraction of sp³-hybridized carbons (Fsp3) is 0.176. The Kier molecular flexibility index (Phi) is 4.66. The van der Waals surface area contributed by atoms with Gasteiger partial charge in [0.1, 0.15) is 5.69 Å². The molecule has 20 heavy (non-hydrogen) atoms. The summed E-state index contributed by atoms with van der Waals surface area (Å²) in [7, 11) is 0. The minimum Gasteiger partial charge on any atom is -0.282 e. The SMILES string of the molecule is CC.Cc1[nH]nc(-c2ccccc2)c1-c1ccncc1. The average molecular weight is 265 g/mol. The van der Waals surface area contributed by atoms with Crippen LogP contribution >= 0.6 is 0 Å². The molecule has 0 radical (unpaired) electrons. The first kappa shape index (κ1) is 14.0. The number of aryl methyl sites for hydroxylation is 1. The lowest BCUT2D eigenvalue weighted by Crippen LogP contribution is -1.84. The molecule has 0 aliphatic carbocycles. The van der Waals surface area contributed by atoms with Gasteiger partial charge in [0.2, 0.25) is 0 Å². The van der Waals surface area contributed by atoms with E-state index in [1.54, 1.807) is 12.4 Å². The van der Waals surface area contributed by atoms with Gasteiger partial charge in [-0.1, -0.05) is 44.2 Å². The van der Waals surface area contributed by atoms with Crippen LogP contribution in [-0.2, 0) is 0 Å². The van der Waals surface area contributed by atoms with Crippen LogP contribution in [0.5, 0.6) is 0 Å². The average Bonchev–Trinajstić information content (AvgIpc) is 2.93. The zero-order valence-electron chi connectivity index (χ0n) is 12.1. The predicted molar refractivity (Wildman–Crippen MR) is 83.3 cm³/mol. The zero-order valence-corrected chi connectivity index (χ0v) is 12.1. The minimum absolute atomic E-state index is 0.985. The van der Waals surface area contributed by atoms with Crippen LogP contribution in [0.15, 0.2) is 54.9 Å². The highest BCUT2D eigenvalue weighted by Crippen LogP contribution is 2.32. The van der Waals surface area contributed by atoms with Crippen molar-refractivity contribution < 1.29 is 0 Å². The molecule has 1 aromatic carbocycles. The summed E-state index contributed by atoms with van der Waals surface area (Å²) in [6.45, 7) is 6.04. The highest BCUT2D eigenvalue weighted by atomic mass is 15.1. The van der Waals surface area contributed by atoms with Crippen molar-refractivity contribution >= 4 is 0 Å². The number of hydrogen-bond acceptors (Lipinski definition) is 2. The fourth-order valence-corrected chi connectivity index (χ4v) is 2.11. The number of nitrogens with zero attached hydrogens (tertiary/aromatic N) is 2. The van der Waals surface area contributed by atoms with Gasteiger partial charge < -0.3 is 0 Å². The maximum atomic E-state index is 4.42. The van der Waals surface area contributed by atoms with Crippen LogP contribution in [-0.4, -0.2) is 15.2 Å². The second-order valence-corrected chi connectivity index (χ2v) is 4.17. The first-order valence-corrected chi connectivity index (χ1v) is 6.87. The van der Waals surface area contributed by atoms with Gasteiger partial charge >= 0.3 is 0 Å². The number of benzene rings is 1. The van der Waals surface area contributed by atoms with Gasteiger partial charge in [-0.3, -0.25) is 10.1 Å². The van der Waals surface area contributed by atoms with Gasteiger partial charge in [-0.15, -0.1) is 0 Å². The number of hydrogen-bond donors (Lipinski definition) is 1. The summed E-state index contributed by atoms with van der Waals surface area (Å²) >= 11 is 0. The Balaban J connectivity index is 0.000000704. The van der Waals surface area contributed by atoms with E-state index >= 15 is 0 Å². The van der Waals surface area contributed by atoms with Gasteiger partial charge in [0.25, 0.3) is 0 Å². The van der Waals surface area contributed by atoms with E-state index in [4.69, 9.17) is 0 Å². The molecule has 0 aliphatic rings. The van der Waals surface area contributed by atoms with E-state index in [0.29, 0.717) is 0 Å². The zero-order chi connectivity index (χ0) is 14.4. The summed E-state index contributed by atoms with van der Waals surface area (Å²) < 4.78 is 0. The lowest BCUT2D eigenvalue weighted by atomic mass is 10.0. The molecule has 102 valence electrons. The molecule has 2 aromatic heterocycles. The van der Waals surface area contributed by atoms with Gasteiger partial charge in [-0.05, 0) is 24.6 Å². The van der Waals surface area contributed by atoms with E-state index < -0.39 is 0 Å². The molecule has 3 nitrogen and oxygen atoms in total. The van der Waals surface area contributed by atoms with Crippen molar-refractivity contribution in [2.24, 2.45) is 0 Å². The topological polar surface area (TPSA) is 41.6 Å². The molecule has 1 N–H and O–H groups in total. The van der Waals surface area contributed by atoms with E-state index in [-0.39, 0.29) is 0 Å². The lowest BCUT2D eigenvalue weighted by molar-refractivity contribution is 1.05. The number of aromatic amines is 1. The fourth-order valence-electron chi connectivity index (χ4n) is 2.11. The molecular weight excluding hydrogens is 246 g/mol. The third-order valence-corrected chi connectivity index (χ3v) is 2.96. The number of H-pyrrole nitrogens is 1. The molecule has 3 heteroatoms. The quantitative estimate of drug-likeness (QED) is 0.742. The van der Waals surface area contributed by atoms with Crippen LogP contribution in [0.2, 0.25) is 0 Å². The van der Waals surface area contributed by atoms with E-state index in [1.165, 1.54) is 0 Å². The monoisotopic (exact) mass is 265 g/mol. The standard InChI is InChI=1S/C15H13N3.C2H6/c1-11-14(12-7-9-16-10-8-12)15(18-17-11)13-5-3-2-4-6-13;1-2/h2-10H,1H3,(H,17,18);1-2H3. The lowest BCUT2D eigenvalue weighted by Gasteiger charge is -2.03. The Morgan fingerprint density at radius 1 is 0.850 bits per heavy atom. The van der Waals surface area contributed by atoms with Gasteiger partial charge in [0.05, 0.1) is 0 Å². The van der Waals surface area contributed by atoms with E-state index in [2.05, 4.69) is 27.3 Å². The molecule has 0 unspecified atom stereocenters. The maximum Gasteiger partial charge on any atom is 0.100 e. The van der Waals surface area contributed by atoms with Crippen LogP contribution < -0.4 is 0 Å². The number of nitrogens with one attached hydrogen (secondary N) is 1. The van der Waals surface area contributed by atoms with Crippen LogP contribution in [0, 0.1) is 6.92 Å². The van der Waals surface area contributed by atoms with Crippen molar-refractivity contribution in [1.82, 2.24) is 15.2 Å². The number of rotatable bonds is 2. The second kappa shape index (κ2) is 6.66. The highest BCUT2D eigenvalue weighted by molar-refractivity contribution is 5.82. The third kappa shape index (κ3) is 2.77. The number of pyridine rings is 1. The molecule has 2 heterocycles. The van der Waals surface area contributed by atoms with Gasteiger partial charge in [0.15, 0.2) is 0 Å². The van der Waals surface area contributed by atoms with E-state index in [0.717, 1.165) is 28.1 Å². The molecule has 0 bridgehead atoms. The molecule has 3 rings (SSSR count). The van der Waals surface area contributed by atoms with Crippen molar-refractivity contribution in [2.45, 2.75) is 20.8 Å². The van der Waals surface area contributed by atoms with Gasteiger partial charge in [0, 0.05) is 29.2 Å². The molecule has 0 fully saturated rings. The van der Waals surface area contributed by atoms with Crippen molar-refractivity contribution in [3.05, 3.63) is 60.6 Å². The summed E-state index contributed by atoms with van der Waals surface area (Å²) in [5.41, 5.74) is 5.45. The summed E-state index contributed by atoms with van der Waals surface area (Å²) in [5.74, 6) is 0. The Morgan fingerprint density at radius 2 is 1.50 bits per heavy atom. The van der Waals surface area contributed by atoms with E-state index in [1.807, 2.05) is 51.1 Å². The summed E-state index contributed by atoms with van der Waals surface area (Å²) in [6, 6.07) is 14.2. The van der Waals surface area contributed by atoms with Crippen molar-refractivity contribution in [3.8, 4) is 22.4 Å². The maximum absolute atomic E-state index is 4.42. The molecule has 0 saturated heterocycles. The summed E-state index contributed by atoms with van der Waals surface area (Å²) in [6.07, 6.45) is 3.60. The predicted octanol–water partition coefficient (Wildman–Crippen LogP) is 4.47. The Labute approximate surface area is 119 Å². The van der Waals surface area contributed by atoms with Crippen molar-refractivity contribution in [1.29, 1.82) is 0 Å². The molecule has 0 aliphatic heterocycles. The minimum atomic E-state index is 0.985. The van der Waals surface area contributed by atoms with Crippen LogP contribution in [0.4, 0.5) is 0 Å². The Hall–Kier alpha value is -2.42. The third-order valence-electron chi connectivity index (χ3n) is 2.96.